The van der Waals surface area contributed by atoms with Gasteiger partial charge in [0.1, 0.15) is 0 Å². The highest BCUT2D eigenvalue weighted by Gasteiger charge is 2.57. The number of hydrogen-bond donors (Lipinski definition) is 1. The van der Waals surface area contributed by atoms with Gasteiger partial charge in [0, 0.05) is 11.3 Å². The molecule has 0 aromatic carbocycles. The SMILES string of the molecule is CSCC1(N)CC1(C)C. The molecule has 0 aromatic rings. The van der Waals surface area contributed by atoms with Crippen LogP contribution in [-0.4, -0.2) is 17.5 Å². The van der Waals surface area contributed by atoms with Gasteiger partial charge in [-0.3, -0.25) is 0 Å². The Morgan fingerprint density at radius 1 is 1.56 bits per heavy atom. The third-order valence-corrected chi connectivity index (χ3v) is 3.19. The Balaban J connectivity index is 2.42. The molecule has 0 spiro atoms. The van der Waals surface area contributed by atoms with Crippen molar-refractivity contribution in [3.8, 4) is 0 Å². The topological polar surface area (TPSA) is 26.0 Å². The Kier molecular flexibility index (Phi) is 1.56. The van der Waals surface area contributed by atoms with Gasteiger partial charge in [0.05, 0.1) is 0 Å². The largest absolute Gasteiger partial charge is 0.324 e. The smallest absolute Gasteiger partial charge is 0.0304 e. The number of rotatable bonds is 2. The highest BCUT2D eigenvalue weighted by Crippen LogP contribution is 2.54. The maximum Gasteiger partial charge on any atom is 0.0304 e. The van der Waals surface area contributed by atoms with Crippen molar-refractivity contribution in [2.75, 3.05) is 12.0 Å². The summed E-state index contributed by atoms with van der Waals surface area (Å²) in [7, 11) is 0. The van der Waals surface area contributed by atoms with Crippen molar-refractivity contribution >= 4 is 11.8 Å². The van der Waals surface area contributed by atoms with E-state index in [1.54, 1.807) is 0 Å². The lowest BCUT2D eigenvalue weighted by Crippen LogP contribution is -2.30. The Labute approximate surface area is 61.4 Å². The summed E-state index contributed by atoms with van der Waals surface area (Å²) in [5.74, 6) is 1.11. The molecule has 0 heterocycles. The van der Waals surface area contributed by atoms with E-state index < -0.39 is 0 Å². The molecule has 0 saturated heterocycles. The minimum absolute atomic E-state index is 0.159. The van der Waals surface area contributed by atoms with Gasteiger partial charge in [-0.25, -0.2) is 0 Å². The molecule has 0 aliphatic heterocycles. The average molecular weight is 145 g/mol. The molecule has 1 unspecified atom stereocenters. The predicted octanol–water partition coefficient (Wildman–Crippen LogP) is 1.48. The second kappa shape index (κ2) is 1.89. The predicted molar refractivity (Wildman–Crippen MR) is 43.7 cm³/mol. The second-order valence-corrected chi connectivity index (χ2v) is 4.52. The van der Waals surface area contributed by atoms with E-state index in [0.29, 0.717) is 5.41 Å². The van der Waals surface area contributed by atoms with Crippen molar-refractivity contribution in [3.05, 3.63) is 0 Å². The number of hydrogen-bond acceptors (Lipinski definition) is 2. The molecule has 0 aromatic heterocycles. The van der Waals surface area contributed by atoms with E-state index in [4.69, 9.17) is 5.73 Å². The van der Waals surface area contributed by atoms with Crippen LogP contribution in [0.4, 0.5) is 0 Å². The highest BCUT2D eigenvalue weighted by atomic mass is 32.2. The van der Waals surface area contributed by atoms with E-state index in [1.807, 2.05) is 11.8 Å². The van der Waals surface area contributed by atoms with Crippen LogP contribution in [0.3, 0.4) is 0 Å². The minimum Gasteiger partial charge on any atom is -0.324 e. The maximum absolute atomic E-state index is 6.01. The van der Waals surface area contributed by atoms with Crippen molar-refractivity contribution in [3.63, 3.8) is 0 Å². The summed E-state index contributed by atoms with van der Waals surface area (Å²) >= 11 is 1.85. The van der Waals surface area contributed by atoms with Crippen LogP contribution >= 0.6 is 11.8 Å². The number of nitrogens with two attached hydrogens (primary N) is 1. The van der Waals surface area contributed by atoms with Gasteiger partial charge in [-0.05, 0) is 18.1 Å². The van der Waals surface area contributed by atoms with Gasteiger partial charge in [0.15, 0.2) is 0 Å². The Morgan fingerprint density at radius 3 is 2.11 bits per heavy atom. The average Bonchev–Trinajstić information content (AvgIpc) is 2.07. The Morgan fingerprint density at radius 2 is 2.00 bits per heavy atom. The summed E-state index contributed by atoms with van der Waals surface area (Å²) in [5, 5.41) is 0. The van der Waals surface area contributed by atoms with E-state index in [0.717, 1.165) is 5.75 Å². The van der Waals surface area contributed by atoms with Crippen LogP contribution in [0.15, 0.2) is 0 Å². The summed E-state index contributed by atoms with van der Waals surface area (Å²) in [6.07, 6.45) is 3.31. The van der Waals surface area contributed by atoms with E-state index in [1.165, 1.54) is 6.42 Å². The molecule has 1 fully saturated rings. The molecule has 0 radical (unpaired) electrons. The zero-order valence-corrected chi connectivity index (χ0v) is 7.22. The van der Waals surface area contributed by atoms with E-state index >= 15 is 0 Å². The lowest BCUT2D eigenvalue weighted by molar-refractivity contribution is 0.531. The fraction of sp³-hybridized carbons (Fsp3) is 1.00. The second-order valence-electron chi connectivity index (χ2n) is 3.65. The van der Waals surface area contributed by atoms with Gasteiger partial charge in [-0.2, -0.15) is 11.8 Å². The lowest BCUT2D eigenvalue weighted by atomic mass is 10.1. The zero-order valence-electron chi connectivity index (χ0n) is 6.40. The molecule has 1 aliphatic rings. The summed E-state index contributed by atoms with van der Waals surface area (Å²) in [5.41, 5.74) is 6.59. The zero-order chi connectivity index (χ0) is 7.12. The molecule has 0 bridgehead atoms. The van der Waals surface area contributed by atoms with Crippen LogP contribution in [0.5, 0.6) is 0 Å². The van der Waals surface area contributed by atoms with Crippen molar-refractivity contribution in [1.29, 1.82) is 0 Å². The first-order valence-corrected chi connectivity index (χ1v) is 4.69. The third kappa shape index (κ3) is 1.10. The monoisotopic (exact) mass is 145 g/mol. The van der Waals surface area contributed by atoms with Crippen LogP contribution in [0, 0.1) is 5.41 Å². The van der Waals surface area contributed by atoms with Gasteiger partial charge in [0.2, 0.25) is 0 Å². The van der Waals surface area contributed by atoms with Gasteiger partial charge in [-0.1, -0.05) is 13.8 Å². The van der Waals surface area contributed by atoms with Crippen molar-refractivity contribution < 1.29 is 0 Å². The van der Waals surface area contributed by atoms with Crippen LogP contribution in [0.2, 0.25) is 0 Å². The van der Waals surface area contributed by atoms with Crippen LogP contribution in [0.1, 0.15) is 20.3 Å². The lowest BCUT2D eigenvalue weighted by Gasteiger charge is -2.11. The van der Waals surface area contributed by atoms with Crippen LogP contribution < -0.4 is 5.73 Å². The first-order chi connectivity index (χ1) is 4.02. The molecule has 1 atom stereocenters. The van der Waals surface area contributed by atoms with Crippen LogP contribution in [-0.2, 0) is 0 Å². The molecule has 1 nitrogen and oxygen atoms in total. The standard InChI is InChI=1S/C7H15NS/c1-6(2)4-7(6,8)5-9-3/h4-5,8H2,1-3H3. The summed E-state index contributed by atoms with van der Waals surface area (Å²) < 4.78 is 0. The van der Waals surface area contributed by atoms with Crippen molar-refractivity contribution in [2.24, 2.45) is 11.1 Å². The van der Waals surface area contributed by atoms with Crippen molar-refractivity contribution in [1.82, 2.24) is 0 Å². The van der Waals surface area contributed by atoms with E-state index in [9.17, 15) is 0 Å². The van der Waals surface area contributed by atoms with E-state index in [-0.39, 0.29) is 5.54 Å². The Bertz CT molecular complexity index is 122. The Hall–Kier alpha value is 0.310. The third-order valence-electron chi connectivity index (χ3n) is 2.38. The molecule has 2 N–H and O–H groups in total. The van der Waals surface area contributed by atoms with E-state index in [2.05, 4.69) is 20.1 Å². The quantitative estimate of drug-likeness (QED) is 0.637. The fourth-order valence-electron chi connectivity index (χ4n) is 1.25. The molecule has 54 valence electrons. The minimum atomic E-state index is 0.159. The normalized spacial score (nSPS) is 38.7. The molecule has 2 heteroatoms. The van der Waals surface area contributed by atoms with Gasteiger partial charge in [0.25, 0.3) is 0 Å². The van der Waals surface area contributed by atoms with Gasteiger partial charge < -0.3 is 5.73 Å². The molecule has 0 amide bonds. The highest BCUT2D eigenvalue weighted by molar-refractivity contribution is 7.98. The molecule has 9 heavy (non-hydrogen) atoms. The summed E-state index contributed by atoms with van der Waals surface area (Å²) in [6, 6.07) is 0. The molecule has 1 saturated carbocycles. The fourth-order valence-corrected chi connectivity index (χ4v) is 2.26. The molecule has 1 rings (SSSR count). The first kappa shape index (κ1) is 7.42. The maximum atomic E-state index is 6.01. The van der Waals surface area contributed by atoms with Crippen LogP contribution in [0.25, 0.3) is 0 Å². The molecular weight excluding hydrogens is 130 g/mol. The first-order valence-electron chi connectivity index (χ1n) is 3.30. The number of thioether (sulfide) groups is 1. The van der Waals surface area contributed by atoms with Gasteiger partial charge >= 0.3 is 0 Å². The molecular formula is C7H15NS. The molecule has 1 aliphatic carbocycles. The summed E-state index contributed by atoms with van der Waals surface area (Å²) in [6.45, 7) is 4.48. The summed E-state index contributed by atoms with van der Waals surface area (Å²) in [4.78, 5) is 0. The van der Waals surface area contributed by atoms with Crippen molar-refractivity contribution in [2.45, 2.75) is 25.8 Å². The van der Waals surface area contributed by atoms with Gasteiger partial charge in [-0.15, -0.1) is 0 Å².